The third-order valence-corrected chi connectivity index (χ3v) is 5.17. The van der Waals surface area contributed by atoms with E-state index < -0.39 is 0 Å². The van der Waals surface area contributed by atoms with Crippen molar-refractivity contribution >= 4 is 23.0 Å². The summed E-state index contributed by atoms with van der Waals surface area (Å²) < 4.78 is 8.57. The SMILES string of the molecule is Cc1ccccc1COc1ccc2ccccc2c1CNn1c(C)n[nH]c1=S. The van der Waals surface area contributed by atoms with Crippen molar-refractivity contribution in [3.63, 3.8) is 0 Å². The lowest BCUT2D eigenvalue weighted by Gasteiger charge is -2.17. The van der Waals surface area contributed by atoms with Crippen molar-refractivity contribution < 1.29 is 4.74 Å². The fourth-order valence-electron chi connectivity index (χ4n) is 3.28. The normalized spacial score (nSPS) is 10.9. The van der Waals surface area contributed by atoms with E-state index in [1.54, 1.807) is 4.68 Å². The van der Waals surface area contributed by atoms with E-state index in [9.17, 15) is 0 Å². The first-order chi connectivity index (χ1) is 13.6. The van der Waals surface area contributed by atoms with Crippen molar-refractivity contribution in [1.82, 2.24) is 14.9 Å². The molecule has 142 valence electrons. The Hall–Kier alpha value is -3.12. The van der Waals surface area contributed by atoms with E-state index in [4.69, 9.17) is 17.0 Å². The maximum atomic E-state index is 6.24. The molecule has 5 nitrogen and oxygen atoms in total. The number of hydrogen-bond donors (Lipinski definition) is 2. The van der Waals surface area contributed by atoms with Crippen LogP contribution in [0.1, 0.15) is 22.5 Å². The minimum atomic E-state index is 0.530. The third kappa shape index (κ3) is 3.64. The highest BCUT2D eigenvalue weighted by Crippen LogP contribution is 2.29. The van der Waals surface area contributed by atoms with Crippen LogP contribution < -0.4 is 10.2 Å². The highest BCUT2D eigenvalue weighted by atomic mass is 32.1. The molecule has 0 saturated carbocycles. The summed E-state index contributed by atoms with van der Waals surface area (Å²) in [4.78, 5) is 0. The first kappa shape index (κ1) is 18.3. The van der Waals surface area contributed by atoms with Crippen molar-refractivity contribution in [1.29, 1.82) is 0 Å². The van der Waals surface area contributed by atoms with E-state index in [2.05, 4.69) is 52.9 Å². The van der Waals surface area contributed by atoms with Crippen LogP contribution in [0.2, 0.25) is 0 Å². The molecule has 0 amide bonds. The molecule has 2 N–H and O–H groups in total. The van der Waals surface area contributed by atoms with Crippen molar-refractivity contribution in [3.8, 4) is 5.75 Å². The van der Waals surface area contributed by atoms with E-state index >= 15 is 0 Å². The van der Waals surface area contributed by atoms with Gasteiger partial charge < -0.3 is 10.2 Å². The maximum absolute atomic E-state index is 6.24. The Morgan fingerprint density at radius 3 is 2.61 bits per heavy atom. The van der Waals surface area contributed by atoms with Gasteiger partial charge in [0.15, 0.2) is 0 Å². The van der Waals surface area contributed by atoms with Crippen LogP contribution in [0.5, 0.6) is 5.75 Å². The fourth-order valence-corrected chi connectivity index (χ4v) is 3.52. The van der Waals surface area contributed by atoms with Crippen molar-refractivity contribution in [2.45, 2.75) is 27.0 Å². The van der Waals surface area contributed by atoms with Gasteiger partial charge in [-0.05, 0) is 54.0 Å². The number of aromatic amines is 1. The topological polar surface area (TPSA) is 54.9 Å². The zero-order valence-corrected chi connectivity index (χ0v) is 16.7. The van der Waals surface area contributed by atoms with Crippen LogP contribution in [0.3, 0.4) is 0 Å². The second-order valence-electron chi connectivity index (χ2n) is 6.72. The standard InChI is InChI=1S/C22H22N4OS/c1-15-7-3-4-9-18(15)14-27-21-12-11-17-8-5-6-10-19(17)20(21)13-23-26-16(2)24-25-22(26)28/h3-12,23H,13-14H2,1-2H3,(H,25,28). The summed E-state index contributed by atoms with van der Waals surface area (Å²) in [6.07, 6.45) is 0. The number of aromatic nitrogens is 3. The summed E-state index contributed by atoms with van der Waals surface area (Å²) in [5.74, 6) is 1.65. The van der Waals surface area contributed by atoms with Crippen LogP contribution in [0.15, 0.2) is 60.7 Å². The molecule has 0 fully saturated rings. The van der Waals surface area contributed by atoms with Crippen molar-refractivity contribution in [2.75, 3.05) is 5.43 Å². The Morgan fingerprint density at radius 1 is 1.04 bits per heavy atom. The summed E-state index contributed by atoms with van der Waals surface area (Å²) in [7, 11) is 0. The van der Waals surface area contributed by atoms with Gasteiger partial charge >= 0.3 is 0 Å². The summed E-state index contributed by atoms with van der Waals surface area (Å²) in [6, 6.07) is 20.7. The Balaban J connectivity index is 1.67. The summed E-state index contributed by atoms with van der Waals surface area (Å²) in [6.45, 7) is 5.10. The number of hydrogen-bond acceptors (Lipinski definition) is 4. The van der Waals surface area contributed by atoms with E-state index in [0.717, 1.165) is 22.5 Å². The molecule has 28 heavy (non-hydrogen) atoms. The zero-order chi connectivity index (χ0) is 19.5. The second kappa shape index (κ2) is 7.86. The smallest absolute Gasteiger partial charge is 0.214 e. The number of nitrogens with one attached hydrogen (secondary N) is 2. The first-order valence-corrected chi connectivity index (χ1v) is 9.60. The van der Waals surface area contributed by atoms with Gasteiger partial charge in [-0.3, -0.25) is 5.10 Å². The number of aryl methyl sites for hydroxylation is 2. The average Bonchev–Trinajstić information content (AvgIpc) is 3.03. The Labute approximate surface area is 169 Å². The third-order valence-electron chi connectivity index (χ3n) is 4.90. The zero-order valence-electron chi connectivity index (χ0n) is 15.9. The van der Waals surface area contributed by atoms with Gasteiger partial charge in [-0.2, -0.15) is 5.10 Å². The molecule has 0 aliphatic heterocycles. The molecule has 3 aromatic carbocycles. The predicted molar refractivity (Wildman–Crippen MR) is 115 cm³/mol. The molecule has 0 radical (unpaired) electrons. The van der Waals surface area contributed by atoms with Gasteiger partial charge in [-0.15, -0.1) is 0 Å². The number of ether oxygens (including phenoxy) is 1. The minimum Gasteiger partial charge on any atom is -0.489 e. The van der Waals surface area contributed by atoms with E-state index in [1.807, 2.05) is 37.3 Å². The number of nitrogens with zero attached hydrogens (tertiary/aromatic N) is 2. The lowest BCUT2D eigenvalue weighted by molar-refractivity contribution is 0.303. The molecule has 0 unspecified atom stereocenters. The molecule has 0 aliphatic rings. The largest absolute Gasteiger partial charge is 0.489 e. The maximum Gasteiger partial charge on any atom is 0.214 e. The summed E-state index contributed by atoms with van der Waals surface area (Å²) in [5, 5.41) is 9.28. The number of benzene rings is 3. The minimum absolute atomic E-state index is 0.530. The van der Waals surface area contributed by atoms with Crippen LogP contribution in [0.25, 0.3) is 10.8 Å². The highest BCUT2D eigenvalue weighted by Gasteiger charge is 2.11. The second-order valence-corrected chi connectivity index (χ2v) is 7.11. The van der Waals surface area contributed by atoms with Gasteiger partial charge in [0.25, 0.3) is 0 Å². The predicted octanol–water partition coefficient (Wildman–Crippen LogP) is 5.03. The fraction of sp³-hybridized carbons (Fsp3) is 0.182. The lowest BCUT2D eigenvalue weighted by Crippen LogP contribution is -2.17. The average molecular weight is 391 g/mol. The van der Waals surface area contributed by atoms with Crippen LogP contribution >= 0.6 is 12.2 Å². The van der Waals surface area contributed by atoms with Gasteiger partial charge in [-0.25, -0.2) is 4.68 Å². The molecule has 4 rings (SSSR count). The molecule has 0 spiro atoms. The van der Waals surface area contributed by atoms with Gasteiger partial charge in [0.05, 0.1) is 6.54 Å². The lowest BCUT2D eigenvalue weighted by atomic mass is 10.0. The van der Waals surface area contributed by atoms with Crippen molar-refractivity contribution in [2.24, 2.45) is 0 Å². The Kier molecular flexibility index (Phi) is 5.12. The monoisotopic (exact) mass is 390 g/mol. The number of fused-ring (bicyclic) bond motifs is 1. The quantitative estimate of drug-likeness (QED) is 0.453. The molecular weight excluding hydrogens is 368 g/mol. The molecule has 4 aromatic rings. The molecule has 0 aliphatic carbocycles. The van der Waals surface area contributed by atoms with Crippen LogP contribution in [0.4, 0.5) is 0 Å². The molecule has 1 heterocycles. The highest BCUT2D eigenvalue weighted by molar-refractivity contribution is 7.71. The molecule has 6 heteroatoms. The molecular formula is C22H22N4OS. The van der Waals surface area contributed by atoms with Crippen LogP contribution in [-0.4, -0.2) is 14.9 Å². The van der Waals surface area contributed by atoms with Gasteiger partial charge in [-0.1, -0.05) is 54.6 Å². The van der Waals surface area contributed by atoms with Gasteiger partial charge in [0, 0.05) is 5.56 Å². The summed E-state index contributed by atoms with van der Waals surface area (Å²) >= 11 is 5.30. The van der Waals surface area contributed by atoms with Gasteiger partial charge in [0.2, 0.25) is 4.77 Å². The number of rotatable bonds is 6. The van der Waals surface area contributed by atoms with E-state index in [-0.39, 0.29) is 0 Å². The number of H-pyrrole nitrogens is 1. The van der Waals surface area contributed by atoms with Crippen LogP contribution in [-0.2, 0) is 13.2 Å². The van der Waals surface area contributed by atoms with E-state index in [1.165, 1.54) is 16.5 Å². The summed E-state index contributed by atoms with van der Waals surface area (Å²) in [5.41, 5.74) is 6.86. The Bertz CT molecular complexity index is 1180. The molecule has 0 atom stereocenters. The molecule has 0 bridgehead atoms. The van der Waals surface area contributed by atoms with E-state index in [0.29, 0.717) is 17.9 Å². The van der Waals surface area contributed by atoms with Crippen molar-refractivity contribution in [3.05, 3.63) is 87.9 Å². The van der Waals surface area contributed by atoms with Gasteiger partial charge in [0.1, 0.15) is 18.2 Å². The first-order valence-electron chi connectivity index (χ1n) is 9.19. The molecule has 0 saturated heterocycles. The van der Waals surface area contributed by atoms with Crippen LogP contribution in [0, 0.1) is 18.6 Å². The Morgan fingerprint density at radius 2 is 1.82 bits per heavy atom. The molecule has 1 aromatic heterocycles.